The van der Waals surface area contributed by atoms with Gasteiger partial charge in [-0.05, 0) is 33.4 Å². The molecule has 0 saturated carbocycles. The highest BCUT2D eigenvalue weighted by molar-refractivity contribution is 6.32. The van der Waals surface area contributed by atoms with Gasteiger partial charge in [-0.3, -0.25) is 4.99 Å². The summed E-state index contributed by atoms with van der Waals surface area (Å²) in [4.78, 5) is 12.9. The second-order valence-electron chi connectivity index (χ2n) is 5.11. The van der Waals surface area contributed by atoms with Crippen LogP contribution in [0.3, 0.4) is 0 Å². The highest BCUT2D eigenvalue weighted by Gasteiger charge is 2.20. The van der Waals surface area contributed by atoms with E-state index < -0.39 is 0 Å². The molecule has 0 atom stereocenters. The number of anilines is 1. The molecule has 120 valence electrons. The molecule has 1 heterocycles. The summed E-state index contributed by atoms with van der Waals surface area (Å²) in [6.07, 6.45) is 1.82. The largest absolute Gasteiger partial charge is 0.371 e. The van der Waals surface area contributed by atoms with Gasteiger partial charge < -0.3 is 10.7 Å². The van der Waals surface area contributed by atoms with E-state index in [2.05, 4.69) is 40.8 Å². The fourth-order valence-corrected chi connectivity index (χ4v) is 2.43. The molecule has 0 spiro atoms. The number of hydrogen-bond donors (Lipinski definition) is 2. The van der Waals surface area contributed by atoms with Gasteiger partial charge in [-0.15, -0.1) is 0 Å². The molecule has 0 aromatic carbocycles. The minimum atomic E-state index is 0.182. The first kappa shape index (κ1) is 18.3. The van der Waals surface area contributed by atoms with Crippen molar-refractivity contribution in [2.75, 3.05) is 12.4 Å². The Morgan fingerprint density at radius 3 is 2.36 bits per heavy atom. The zero-order chi connectivity index (χ0) is 16.9. The molecular weight excluding hydrogens is 298 g/mol. The van der Waals surface area contributed by atoms with Gasteiger partial charge in [0.1, 0.15) is 10.9 Å². The monoisotopic (exact) mass is 321 g/mol. The lowest BCUT2D eigenvalue weighted by molar-refractivity contribution is 0.638. The highest BCUT2D eigenvalue weighted by Crippen LogP contribution is 2.26. The minimum absolute atomic E-state index is 0.182. The molecule has 0 aliphatic carbocycles. The quantitative estimate of drug-likeness (QED) is 0.582. The van der Waals surface area contributed by atoms with Crippen molar-refractivity contribution in [2.45, 2.75) is 40.5 Å². The molecule has 0 radical (unpaired) electrons. The second-order valence-corrected chi connectivity index (χ2v) is 5.46. The molecule has 0 amide bonds. The van der Waals surface area contributed by atoms with E-state index in [0.29, 0.717) is 28.1 Å². The van der Waals surface area contributed by atoms with Crippen molar-refractivity contribution < 1.29 is 0 Å². The van der Waals surface area contributed by atoms with Crippen LogP contribution in [0.25, 0.3) is 5.57 Å². The van der Waals surface area contributed by atoms with Crippen LogP contribution in [0.4, 0.5) is 5.82 Å². The summed E-state index contributed by atoms with van der Waals surface area (Å²) in [5, 5.41) is 11.8. The van der Waals surface area contributed by atoms with Gasteiger partial charge in [-0.25, -0.2) is 9.97 Å². The maximum absolute atomic E-state index is 8.42. The summed E-state index contributed by atoms with van der Waals surface area (Å²) < 4.78 is 0. The van der Waals surface area contributed by atoms with E-state index in [4.69, 9.17) is 17.0 Å². The summed E-state index contributed by atoms with van der Waals surface area (Å²) in [5.41, 5.74) is 3.24. The fraction of sp³-hybridized carbons (Fsp3) is 0.500. The van der Waals surface area contributed by atoms with Crippen molar-refractivity contribution in [3.05, 3.63) is 22.2 Å². The Hall–Kier alpha value is -1.75. The van der Waals surface area contributed by atoms with Crippen molar-refractivity contribution in [3.8, 4) is 0 Å². The second kappa shape index (κ2) is 8.03. The van der Waals surface area contributed by atoms with E-state index >= 15 is 0 Å². The third-order valence-electron chi connectivity index (χ3n) is 3.76. The third-order valence-corrected chi connectivity index (χ3v) is 4.16. The molecule has 22 heavy (non-hydrogen) atoms. The molecule has 1 aromatic heterocycles. The summed E-state index contributed by atoms with van der Waals surface area (Å²) in [6, 6.07) is 0. The molecule has 0 fully saturated rings. The maximum Gasteiger partial charge on any atom is 0.154 e. The number of nitrogens with one attached hydrogen (secondary N) is 2. The van der Waals surface area contributed by atoms with Gasteiger partial charge in [0, 0.05) is 18.5 Å². The first-order chi connectivity index (χ1) is 10.4. The zero-order valence-electron chi connectivity index (χ0n) is 13.9. The third kappa shape index (κ3) is 3.71. The Balaban J connectivity index is 3.45. The number of aryl methyl sites for hydroxylation is 1. The summed E-state index contributed by atoms with van der Waals surface area (Å²) in [6.45, 7) is 11.3. The predicted molar refractivity (Wildman–Crippen MR) is 95.2 cm³/mol. The molecule has 0 aliphatic heterocycles. The molecule has 0 bridgehead atoms. The fourth-order valence-electron chi connectivity index (χ4n) is 2.34. The van der Waals surface area contributed by atoms with Crippen molar-refractivity contribution >= 4 is 35.4 Å². The predicted octanol–water partition coefficient (Wildman–Crippen LogP) is 4.26. The standard InChI is InChI=1S/C16H24ClN5/c1-7-11(8-2)12(18)14-16(20-6)22-13(10(4)21-14)9(3)15(17)19-5/h11,18H,5,7-8H2,1-4,6H3,(H,20,22)/b15-9+,18-12?. The summed E-state index contributed by atoms with van der Waals surface area (Å²) in [5.74, 6) is 0.770. The lowest BCUT2D eigenvalue weighted by Crippen LogP contribution is -2.19. The van der Waals surface area contributed by atoms with Crippen LogP contribution in [0.1, 0.15) is 50.7 Å². The molecule has 0 unspecified atom stereocenters. The van der Waals surface area contributed by atoms with Crippen molar-refractivity contribution in [2.24, 2.45) is 10.9 Å². The number of nitrogens with zero attached hydrogens (tertiary/aromatic N) is 3. The van der Waals surface area contributed by atoms with E-state index in [1.165, 1.54) is 0 Å². The highest BCUT2D eigenvalue weighted by atomic mass is 35.5. The van der Waals surface area contributed by atoms with E-state index in [9.17, 15) is 0 Å². The van der Waals surface area contributed by atoms with E-state index in [0.717, 1.165) is 24.1 Å². The minimum Gasteiger partial charge on any atom is -0.371 e. The van der Waals surface area contributed by atoms with Gasteiger partial charge in [0.25, 0.3) is 0 Å². The molecule has 6 heteroatoms. The van der Waals surface area contributed by atoms with Crippen molar-refractivity contribution in [3.63, 3.8) is 0 Å². The normalized spacial score (nSPS) is 12.1. The van der Waals surface area contributed by atoms with Gasteiger partial charge in [-0.1, -0.05) is 25.4 Å². The van der Waals surface area contributed by atoms with Crippen LogP contribution in [0.15, 0.2) is 10.1 Å². The zero-order valence-corrected chi connectivity index (χ0v) is 14.7. The Labute approximate surface area is 137 Å². The van der Waals surface area contributed by atoms with E-state index in [1.807, 2.05) is 13.8 Å². The molecule has 1 aromatic rings. The average Bonchev–Trinajstić information content (AvgIpc) is 2.54. The Kier molecular flexibility index (Phi) is 6.68. The molecule has 0 aliphatic rings. The first-order valence-corrected chi connectivity index (χ1v) is 7.77. The number of halogens is 1. The Bertz CT molecular complexity index is 603. The average molecular weight is 322 g/mol. The van der Waals surface area contributed by atoms with Crippen LogP contribution in [0, 0.1) is 18.3 Å². The lowest BCUT2D eigenvalue weighted by Gasteiger charge is -2.18. The summed E-state index contributed by atoms with van der Waals surface area (Å²) >= 11 is 6.04. The van der Waals surface area contributed by atoms with Crippen LogP contribution in [-0.2, 0) is 0 Å². The van der Waals surface area contributed by atoms with Gasteiger partial charge >= 0.3 is 0 Å². The number of aromatic nitrogens is 2. The summed E-state index contributed by atoms with van der Waals surface area (Å²) in [7, 11) is 1.78. The Morgan fingerprint density at radius 1 is 1.32 bits per heavy atom. The Morgan fingerprint density at radius 2 is 1.91 bits per heavy atom. The van der Waals surface area contributed by atoms with Gasteiger partial charge in [-0.2, -0.15) is 0 Å². The first-order valence-electron chi connectivity index (χ1n) is 7.39. The SMILES string of the molecule is C=N/C(Cl)=C(\C)c1nc(NC)c(C(=N)C(CC)CC)nc1C. The molecular formula is C16H24ClN5. The van der Waals surface area contributed by atoms with Gasteiger partial charge in [0.15, 0.2) is 5.82 Å². The van der Waals surface area contributed by atoms with Gasteiger partial charge in [0.05, 0.1) is 17.1 Å². The van der Waals surface area contributed by atoms with Crippen molar-refractivity contribution in [1.29, 1.82) is 5.41 Å². The number of aliphatic imine (C=N–C) groups is 1. The van der Waals surface area contributed by atoms with Crippen LogP contribution < -0.4 is 5.32 Å². The van der Waals surface area contributed by atoms with Crippen LogP contribution in [0.5, 0.6) is 0 Å². The molecule has 2 N–H and O–H groups in total. The van der Waals surface area contributed by atoms with Gasteiger partial charge in [0.2, 0.25) is 0 Å². The molecule has 1 rings (SSSR count). The maximum atomic E-state index is 8.42. The van der Waals surface area contributed by atoms with E-state index in [-0.39, 0.29) is 5.92 Å². The number of rotatable bonds is 7. The van der Waals surface area contributed by atoms with E-state index in [1.54, 1.807) is 7.05 Å². The molecule has 5 nitrogen and oxygen atoms in total. The molecule has 0 saturated heterocycles. The number of hydrogen-bond acceptors (Lipinski definition) is 5. The van der Waals surface area contributed by atoms with Crippen LogP contribution in [0.2, 0.25) is 0 Å². The number of allylic oxidation sites excluding steroid dienone is 1. The smallest absolute Gasteiger partial charge is 0.154 e. The van der Waals surface area contributed by atoms with Crippen LogP contribution in [-0.4, -0.2) is 29.4 Å². The topological polar surface area (TPSA) is 74.0 Å². The lowest BCUT2D eigenvalue weighted by atomic mass is 9.94. The van der Waals surface area contributed by atoms with Crippen molar-refractivity contribution in [1.82, 2.24) is 9.97 Å². The van der Waals surface area contributed by atoms with Crippen LogP contribution >= 0.6 is 11.6 Å².